The van der Waals surface area contributed by atoms with Gasteiger partial charge in [0.1, 0.15) is 16.9 Å². The number of hydrogen-bond donors (Lipinski definition) is 2. The van der Waals surface area contributed by atoms with Crippen molar-refractivity contribution in [1.82, 2.24) is 20.1 Å². The normalized spacial score (nSPS) is 14.7. The van der Waals surface area contributed by atoms with Crippen LogP contribution in [-0.2, 0) is 11.2 Å². The van der Waals surface area contributed by atoms with Gasteiger partial charge in [-0.1, -0.05) is 23.7 Å². The Kier molecular flexibility index (Phi) is 6.37. The van der Waals surface area contributed by atoms with Crippen molar-refractivity contribution in [2.45, 2.75) is 32.7 Å². The smallest absolute Gasteiger partial charge is 0.222 e. The summed E-state index contributed by atoms with van der Waals surface area (Å²) in [6.07, 6.45) is 0.356. The molecule has 0 aliphatic carbocycles. The van der Waals surface area contributed by atoms with Crippen molar-refractivity contribution in [3.63, 3.8) is 0 Å². The Hall–Kier alpha value is -3.06. The molecule has 8 nitrogen and oxygen atoms in total. The number of aromatic nitrogens is 3. The summed E-state index contributed by atoms with van der Waals surface area (Å²) in [6, 6.07) is 9.06. The average Bonchev–Trinajstić information content (AvgIpc) is 3.26. The minimum absolute atomic E-state index is 0.0638. The molecule has 3 aromatic rings. The van der Waals surface area contributed by atoms with E-state index in [2.05, 4.69) is 21.6 Å². The number of fused-ring (bicyclic) bond motifs is 3. The topological polar surface area (TPSA) is 116 Å². The number of carbonyl (C=O) groups is 1. The molecule has 0 saturated heterocycles. The van der Waals surface area contributed by atoms with Gasteiger partial charge in [-0.25, -0.2) is 0 Å². The number of thiophene rings is 1. The number of hydrogen-bond acceptors (Lipinski definition) is 7. The van der Waals surface area contributed by atoms with E-state index < -0.39 is 6.04 Å². The Bertz CT molecular complexity index is 1240. The highest BCUT2D eigenvalue weighted by Crippen LogP contribution is 2.40. The largest absolute Gasteiger partial charge is 0.395 e. The molecule has 1 aromatic carbocycles. The molecule has 0 saturated carbocycles. The Labute approximate surface area is 194 Å². The van der Waals surface area contributed by atoms with Gasteiger partial charge in [0.2, 0.25) is 5.91 Å². The number of carbonyl (C=O) groups excluding carboxylic acids is 1. The fourth-order valence-electron chi connectivity index (χ4n) is 3.75. The van der Waals surface area contributed by atoms with Crippen LogP contribution in [0.2, 0.25) is 5.02 Å². The lowest BCUT2D eigenvalue weighted by atomic mass is 9.99. The zero-order chi connectivity index (χ0) is 22.8. The number of rotatable bonds is 6. The molecule has 0 unspecified atom stereocenters. The second-order valence-corrected chi connectivity index (χ2v) is 8.90. The van der Waals surface area contributed by atoms with Crippen LogP contribution in [0, 0.1) is 25.2 Å². The van der Waals surface area contributed by atoms with Crippen LogP contribution < -0.4 is 5.32 Å². The molecule has 0 fully saturated rings. The Morgan fingerprint density at radius 3 is 2.75 bits per heavy atom. The highest BCUT2D eigenvalue weighted by atomic mass is 35.5. The third-order valence-electron chi connectivity index (χ3n) is 5.27. The van der Waals surface area contributed by atoms with Crippen LogP contribution in [0.5, 0.6) is 0 Å². The van der Waals surface area contributed by atoms with Crippen LogP contribution in [0.25, 0.3) is 5.00 Å². The Morgan fingerprint density at radius 2 is 2.06 bits per heavy atom. The molecule has 0 spiro atoms. The third-order valence-corrected chi connectivity index (χ3v) is 6.80. The van der Waals surface area contributed by atoms with Crippen molar-refractivity contribution in [2.75, 3.05) is 13.2 Å². The van der Waals surface area contributed by atoms with Gasteiger partial charge >= 0.3 is 0 Å². The predicted molar refractivity (Wildman–Crippen MR) is 123 cm³/mol. The first-order valence-corrected chi connectivity index (χ1v) is 11.3. The molecular formula is C22H21ClN6O2S. The van der Waals surface area contributed by atoms with Crippen LogP contribution in [0.4, 0.5) is 0 Å². The number of aliphatic imine (C=N–C) groups is 1. The van der Waals surface area contributed by atoms with E-state index in [9.17, 15) is 10.1 Å². The number of benzene rings is 1. The van der Waals surface area contributed by atoms with Crippen molar-refractivity contribution < 1.29 is 9.90 Å². The van der Waals surface area contributed by atoms with Crippen LogP contribution in [-0.4, -0.2) is 44.6 Å². The maximum absolute atomic E-state index is 12.5. The fourth-order valence-corrected chi connectivity index (χ4v) is 5.17. The first kappa shape index (κ1) is 22.1. The molecule has 10 heteroatoms. The van der Waals surface area contributed by atoms with Crippen LogP contribution in [0.3, 0.4) is 0 Å². The van der Waals surface area contributed by atoms with Gasteiger partial charge in [0.05, 0.1) is 31.2 Å². The standard InChI is InChI=1S/C22H21ClN6O2S/c1-12-17(7-8-24)32-22-19(12)20(14-3-5-15(23)6-4-14)26-16(11-18(31)25-9-10-30)21-28-27-13(2)29(21)22/h3-6,16,30H,7,9-11H2,1-2H3,(H,25,31)/t16-/m0/s1. The number of aliphatic hydroxyl groups is 1. The molecule has 2 aromatic heterocycles. The minimum Gasteiger partial charge on any atom is -0.395 e. The van der Waals surface area contributed by atoms with E-state index in [1.807, 2.05) is 30.5 Å². The number of amides is 1. The van der Waals surface area contributed by atoms with Gasteiger partial charge in [-0.2, -0.15) is 5.26 Å². The molecule has 1 amide bonds. The van der Waals surface area contributed by atoms with Crippen LogP contribution >= 0.6 is 22.9 Å². The summed E-state index contributed by atoms with van der Waals surface area (Å²) in [7, 11) is 0. The lowest BCUT2D eigenvalue weighted by Gasteiger charge is -2.13. The van der Waals surface area contributed by atoms with E-state index in [1.54, 1.807) is 12.1 Å². The zero-order valence-corrected chi connectivity index (χ0v) is 19.2. The number of nitrogens with one attached hydrogen (secondary N) is 1. The van der Waals surface area contributed by atoms with Gasteiger partial charge in [-0.15, -0.1) is 21.5 Å². The molecule has 1 aliphatic rings. The second-order valence-electron chi connectivity index (χ2n) is 7.38. The number of halogens is 1. The SMILES string of the molecule is Cc1c(CC#N)sc2c1C(c1ccc(Cl)cc1)=N[C@@H](CC(=O)NCCO)c1nnc(C)n1-2. The predicted octanol–water partition coefficient (Wildman–Crippen LogP) is 3.06. The van der Waals surface area contributed by atoms with Crippen molar-refractivity contribution >= 4 is 34.6 Å². The van der Waals surface area contributed by atoms with Crippen LogP contribution in [0.1, 0.15) is 45.7 Å². The third kappa shape index (κ3) is 4.05. The van der Waals surface area contributed by atoms with E-state index in [1.165, 1.54) is 11.3 Å². The number of nitrogens with zero attached hydrogens (tertiary/aromatic N) is 5. The summed E-state index contributed by atoms with van der Waals surface area (Å²) in [5.74, 6) is 1.01. The van der Waals surface area contributed by atoms with Crippen molar-refractivity contribution in [3.8, 4) is 11.1 Å². The van der Waals surface area contributed by atoms with Gasteiger partial charge in [0, 0.05) is 27.6 Å². The molecule has 164 valence electrons. The Balaban J connectivity index is 1.93. The molecule has 2 N–H and O–H groups in total. The minimum atomic E-state index is -0.570. The highest BCUT2D eigenvalue weighted by molar-refractivity contribution is 7.15. The first-order chi connectivity index (χ1) is 15.4. The number of aryl methyl sites for hydroxylation is 1. The number of aliphatic hydroxyl groups excluding tert-OH is 1. The molecule has 4 rings (SSSR count). The highest BCUT2D eigenvalue weighted by Gasteiger charge is 2.32. The summed E-state index contributed by atoms with van der Waals surface area (Å²) in [5, 5.41) is 31.1. The summed E-state index contributed by atoms with van der Waals surface area (Å²) in [6.45, 7) is 3.88. The summed E-state index contributed by atoms with van der Waals surface area (Å²) < 4.78 is 1.93. The van der Waals surface area contributed by atoms with Crippen molar-refractivity contribution in [2.24, 2.45) is 4.99 Å². The summed E-state index contributed by atoms with van der Waals surface area (Å²) >= 11 is 7.63. The molecule has 0 radical (unpaired) electrons. The maximum atomic E-state index is 12.5. The van der Waals surface area contributed by atoms with Crippen molar-refractivity contribution in [3.05, 3.63) is 62.5 Å². The van der Waals surface area contributed by atoms with Gasteiger partial charge < -0.3 is 10.4 Å². The lowest BCUT2D eigenvalue weighted by molar-refractivity contribution is -0.121. The van der Waals surface area contributed by atoms with E-state index in [-0.39, 0.29) is 25.5 Å². The average molecular weight is 469 g/mol. The molecule has 1 aliphatic heterocycles. The maximum Gasteiger partial charge on any atom is 0.222 e. The van der Waals surface area contributed by atoms with Gasteiger partial charge in [0.15, 0.2) is 5.82 Å². The van der Waals surface area contributed by atoms with Crippen LogP contribution in [0.15, 0.2) is 29.3 Å². The van der Waals surface area contributed by atoms with E-state index in [0.717, 1.165) is 32.3 Å². The van der Waals surface area contributed by atoms with Gasteiger partial charge in [-0.3, -0.25) is 14.4 Å². The summed E-state index contributed by atoms with van der Waals surface area (Å²) in [4.78, 5) is 18.5. The van der Waals surface area contributed by atoms with Gasteiger partial charge in [0.25, 0.3) is 0 Å². The summed E-state index contributed by atoms with van der Waals surface area (Å²) in [5.41, 5.74) is 3.46. The van der Waals surface area contributed by atoms with E-state index in [4.69, 9.17) is 21.7 Å². The van der Waals surface area contributed by atoms with Gasteiger partial charge in [-0.05, 0) is 31.5 Å². The van der Waals surface area contributed by atoms with E-state index in [0.29, 0.717) is 23.1 Å². The lowest BCUT2D eigenvalue weighted by Crippen LogP contribution is -2.28. The molecule has 1 atom stereocenters. The monoisotopic (exact) mass is 468 g/mol. The zero-order valence-electron chi connectivity index (χ0n) is 17.6. The van der Waals surface area contributed by atoms with E-state index >= 15 is 0 Å². The quantitative estimate of drug-likeness (QED) is 0.576. The molecule has 3 heterocycles. The number of nitriles is 1. The van der Waals surface area contributed by atoms with Crippen molar-refractivity contribution in [1.29, 1.82) is 5.26 Å². The molecule has 0 bridgehead atoms. The second kappa shape index (κ2) is 9.20. The molecular weight excluding hydrogens is 448 g/mol. The molecule has 32 heavy (non-hydrogen) atoms. The Morgan fingerprint density at radius 1 is 1.31 bits per heavy atom. The first-order valence-electron chi connectivity index (χ1n) is 10.1. The fraction of sp³-hybridized carbons (Fsp3) is 0.318.